The SMILES string of the molecule is CCS(=O)(=O)N(C)c1ccc(C(=O)Nc2ccccc2C(N)=O)cc1. The molecule has 0 atom stereocenters. The van der Waals surface area contributed by atoms with Crippen molar-refractivity contribution in [2.24, 2.45) is 5.73 Å². The number of amides is 2. The van der Waals surface area contributed by atoms with Gasteiger partial charge >= 0.3 is 0 Å². The molecule has 0 saturated carbocycles. The number of primary amides is 1. The highest BCUT2D eigenvalue weighted by molar-refractivity contribution is 7.92. The Labute approximate surface area is 146 Å². The summed E-state index contributed by atoms with van der Waals surface area (Å²) in [5.74, 6) is -1.09. The van der Waals surface area contributed by atoms with Crippen molar-refractivity contribution in [1.29, 1.82) is 0 Å². The quantitative estimate of drug-likeness (QED) is 0.818. The number of hydrogen-bond acceptors (Lipinski definition) is 4. The van der Waals surface area contributed by atoms with E-state index >= 15 is 0 Å². The number of benzene rings is 2. The first kappa shape index (κ1) is 18.5. The van der Waals surface area contributed by atoms with E-state index in [1.54, 1.807) is 37.3 Å². The summed E-state index contributed by atoms with van der Waals surface area (Å²) >= 11 is 0. The Kier molecular flexibility index (Phi) is 5.43. The fourth-order valence-corrected chi connectivity index (χ4v) is 3.01. The number of sulfonamides is 1. The van der Waals surface area contributed by atoms with Crippen molar-refractivity contribution in [1.82, 2.24) is 0 Å². The summed E-state index contributed by atoms with van der Waals surface area (Å²) in [5.41, 5.74) is 6.59. The lowest BCUT2D eigenvalue weighted by atomic mass is 10.1. The van der Waals surface area contributed by atoms with Gasteiger partial charge in [0.2, 0.25) is 10.0 Å². The zero-order valence-electron chi connectivity index (χ0n) is 13.9. The maximum Gasteiger partial charge on any atom is 0.255 e. The monoisotopic (exact) mass is 361 g/mol. The molecule has 8 heteroatoms. The number of carbonyl (C=O) groups is 2. The molecular formula is C17H19N3O4S. The maximum atomic E-state index is 12.3. The summed E-state index contributed by atoms with van der Waals surface area (Å²) in [6, 6.07) is 12.5. The van der Waals surface area contributed by atoms with Crippen LogP contribution in [0.15, 0.2) is 48.5 Å². The fourth-order valence-electron chi connectivity index (χ4n) is 2.18. The Balaban J connectivity index is 2.21. The first-order valence-corrected chi connectivity index (χ1v) is 9.14. The van der Waals surface area contributed by atoms with Crippen molar-refractivity contribution in [3.8, 4) is 0 Å². The van der Waals surface area contributed by atoms with Gasteiger partial charge in [-0.25, -0.2) is 8.42 Å². The van der Waals surface area contributed by atoms with Gasteiger partial charge in [0.15, 0.2) is 0 Å². The van der Waals surface area contributed by atoms with Gasteiger partial charge in [0, 0.05) is 12.6 Å². The summed E-state index contributed by atoms with van der Waals surface area (Å²) < 4.78 is 24.9. The average Bonchev–Trinajstić information content (AvgIpc) is 2.61. The molecule has 0 aliphatic heterocycles. The van der Waals surface area contributed by atoms with E-state index in [0.29, 0.717) is 16.9 Å². The smallest absolute Gasteiger partial charge is 0.255 e. The summed E-state index contributed by atoms with van der Waals surface area (Å²) in [4.78, 5) is 23.7. The van der Waals surface area contributed by atoms with Crippen molar-refractivity contribution < 1.29 is 18.0 Å². The third-order valence-electron chi connectivity index (χ3n) is 3.72. The van der Waals surface area contributed by atoms with E-state index < -0.39 is 21.8 Å². The van der Waals surface area contributed by atoms with Crippen LogP contribution in [0, 0.1) is 0 Å². The number of nitrogens with two attached hydrogens (primary N) is 1. The molecule has 0 spiro atoms. The van der Waals surface area contributed by atoms with Crippen molar-refractivity contribution in [2.45, 2.75) is 6.92 Å². The van der Waals surface area contributed by atoms with Crippen LogP contribution in [-0.2, 0) is 10.0 Å². The van der Waals surface area contributed by atoms with Crippen molar-refractivity contribution in [3.63, 3.8) is 0 Å². The molecule has 2 amide bonds. The first-order chi connectivity index (χ1) is 11.8. The molecule has 25 heavy (non-hydrogen) atoms. The van der Waals surface area contributed by atoms with Crippen molar-refractivity contribution >= 4 is 33.2 Å². The fraction of sp³-hybridized carbons (Fsp3) is 0.176. The van der Waals surface area contributed by atoms with Crippen LogP contribution >= 0.6 is 0 Å². The Morgan fingerprint density at radius 2 is 1.68 bits per heavy atom. The van der Waals surface area contributed by atoms with Crippen molar-refractivity contribution in [2.75, 3.05) is 22.4 Å². The van der Waals surface area contributed by atoms with Crippen LogP contribution in [0.25, 0.3) is 0 Å². The molecule has 0 aliphatic rings. The van der Waals surface area contributed by atoms with E-state index in [0.717, 1.165) is 4.31 Å². The van der Waals surface area contributed by atoms with Gasteiger partial charge < -0.3 is 11.1 Å². The van der Waals surface area contributed by atoms with Gasteiger partial charge in [0.1, 0.15) is 0 Å². The van der Waals surface area contributed by atoms with E-state index in [2.05, 4.69) is 5.32 Å². The van der Waals surface area contributed by atoms with Gasteiger partial charge in [0.25, 0.3) is 11.8 Å². The van der Waals surface area contributed by atoms with Crippen LogP contribution in [0.1, 0.15) is 27.6 Å². The van der Waals surface area contributed by atoms with Crippen LogP contribution in [0.4, 0.5) is 11.4 Å². The second-order valence-corrected chi connectivity index (χ2v) is 7.57. The maximum absolute atomic E-state index is 12.3. The molecule has 3 N–H and O–H groups in total. The molecule has 132 valence electrons. The van der Waals surface area contributed by atoms with Gasteiger partial charge in [-0.2, -0.15) is 0 Å². The largest absolute Gasteiger partial charge is 0.366 e. The van der Waals surface area contributed by atoms with E-state index in [9.17, 15) is 18.0 Å². The average molecular weight is 361 g/mol. The van der Waals surface area contributed by atoms with Crippen LogP contribution in [0.5, 0.6) is 0 Å². The minimum atomic E-state index is -3.37. The molecule has 7 nitrogen and oxygen atoms in total. The lowest BCUT2D eigenvalue weighted by Crippen LogP contribution is -2.28. The number of nitrogens with one attached hydrogen (secondary N) is 1. The molecule has 2 rings (SSSR count). The summed E-state index contributed by atoms with van der Waals surface area (Å²) in [5, 5.41) is 2.63. The Bertz CT molecular complexity index is 892. The molecule has 0 aliphatic carbocycles. The van der Waals surface area contributed by atoms with Crippen LogP contribution in [0.3, 0.4) is 0 Å². The zero-order valence-corrected chi connectivity index (χ0v) is 14.7. The predicted octanol–water partition coefficient (Wildman–Crippen LogP) is 1.82. The lowest BCUT2D eigenvalue weighted by Gasteiger charge is -2.18. The second-order valence-electron chi connectivity index (χ2n) is 5.28. The number of anilines is 2. The number of nitrogens with zero attached hydrogens (tertiary/aromatic N) is 1. The number of carbonyl (C=O) groups excluding carboxylic acids is 2. The van der Waals surface area contributed by atoms with Gasteiger partial charge in [-0.1, -0.05) is 12.1 Å². The highest BCUT2D eigenvalue weighted by Gasteiger charge is 2.17. The molecule has 0 fully saturated rings. The van der Waals surface area contributed by atoms with Gasteiger partial charge in [-0.15, -0.1) is 0 Å². The molecule has 0 bridgehead atoms. The predicted molar refractivity (Wildman–Crippen MR) is 97.2 cm³/mol. The molecular weight excluding hydrogens is 342 g/mol. The molecule has 0 saturated heterocycles. The van der Waals surface area contributed by atoms with E-state index in [1.165, 1.54) is 25.2 Å². The standard InChI is InChI=1S/C17H19N3O4S/c1-3-25(23,24)20(2)13-10-8-12(9-11-13)17(22)19-15-7-5-4-6-14(15)16(18)21/h4-11H,3H2,1-2H3,(H2,18,21)(H,19,22). The molecule has 0 radical (unpaired) electrons. The van der Waals surface area contributed by atoms with Crippen LogP contribution < -0.4 is 15.4 Å². The first-order valence-electron chi connectivity index (χ1n) is 7.53. The van der Waals surface area contributed by atoms with Gasteiger partial charge in [-0.05, 0) is 43.3 Å². The molecule has 2 aromatic rings. The van der Waals surface area contributed by atoms with E-state index in [-0.39, 0.29) is 11.3 Å². The highest BCUT2D eigenvalue weighted by atomic mass is 32.2. The van der Waals surface area contributed by atoms with E-state index in [1.807, 2.05) is 0 Å². The second kappa shape index (κ2) is 7.35. The third kappa shape index (κ3) is 4.16. The summed E-state index contributed by atoms with van der Waals surface area (Å²) in [7, 11) is -1.91. The van der Waals surface area contributed by atoms with Gasteiger partial charge in [0.05, 0.1) is 22.7 Å². The molecule has 0 aromatic heterocycles. The molecule has 0 heterocycles. The van der Waals surface area contributed by atoms with Crippen molar-refractivity contribution in [3.05, 3.63) is 59.7 Å². The Morgan fingerprint density at radius 3 is 2.24 bits per heavy atom. The molecule has 2 aromatic carbocycles. The number of rotatable bonds is 6. The zero-order chi connectivity index (χ0) is 18.6. The number of para-hydroxylation sites is 1. The minimum absolute atomic E-state index is 0.0182. The normalized spacial score (nSPS) is 11.0. The lowest BCUT2D eigenvalue weighted by molar-refractivity contribution is 0.100. The summed E-state index contributed by atoms with van der Waals surface area (Å²) in [6.07, 6.45) is 0. The highest BCUT2D eigenvalue weighted by Crippen LogP contribution is 2.19. The Morgan fingerprint density at radius 1 is 1.08 bits per heavy atom. The topological polar surface area (TPSA) is 110 Å². The van der Waals surface area contributed by atoms with E-state index in [4.69, 9.17) is 5.73 Å². The van der Waals surface area contributed by atoms with Crippen LogP contribution in [-0.4, -0.2) is 33.0 Å². The molecule has 0 unspecified atom stereocenters. The van der Waals surface area contributed by atoms with Gasteiger partial charge in [-0.3, -0.25) is 13.9 Å². The van der Waals surface area contributed by atoms with Crippen LogP contribution in [0.2, 0.25) is 0 Å². The summed E-state index contributed by atoms with van der Waals surface area (Å²) in [6.45, 7) is 1.56. The minimum Gasteiger partial charge on any atom is -0.366 e. The Hall–Kier alpha value is -2.87. The number of hydrogen-bond donors (Lipinski definition) is 2. The third-order valence-corrected chi connectivity index (χ3v) is 5.49.